The molecule has 16 heavy (non-hydrogen) atoms. The van der Waals surface area contributed by atoms with Gasteiger partial charge in [-0.25, -0.2) is 4.98 Å². The summed E-state index contributed by atoms with van der Waals surface area (Å²) in [5.74, 6) is 0.515. The van der Waals surface area contributed by atoms with E-state index in [1.54, 1.807) is 30.5 Å². The molecular weight excluding hydrogens is 272 g/mol. The Bertz CT molecular complexity index is 657. The molecule has 80 valence electrons. The standard InChI is InChI=1S/C11H7BrN2O2/c12-10-7(3-4-15-10)11-14-8-5-6(13)1-2-9(8)16-11/h1-5H,13H2. The van der Waals surface area contributed by atoms with Gasteiger partial charge in [0.1, 0.15) is 5.52 Å². The van der Waals surface area contributed by atoms with Crippen LogP contribution in [0.25, 0.3) is 22.6 Å². The Kier molecular flexibility index (Phi) is 2.00. The van der Waals surface area contributed by atoms with Crippen LogP contribution in [0.5, 0.6) is 0 Å². The molecule has 3 rings (SSSR count). The predicted molar refractivity (Wildman–Crippen MR) is 63.8 cm³/mol. The highest BCUT2D eigenvalue weighted by Gasteiger charge is 2.13. The molecule has 0 saturated heterocycles. The van der Waals surface area contributed by atoms with Gasteiger partial charge in [-0.3, -0.25) is 0 Å². The molecule has 1 aromatic carbocycles. The van der Waals surface area contributed by atoms with Crippen molar-refractivity contribution in [1.29, 1.82) is 0 Å². The van der Waals surface area contributed by atoms with Gasteiger partial charge in [0.2, 0.25) is 5.89 Å². The number of hydrogen-bond acceptors (Lipinski definition) is 4. The smallest absolute Gasteiger partial charge is 0.231 e. The first kappa shape index (κ1) is 9.47. The average Bonchev–Trinajstić information content (AvgIpc) is 2.82. The van der Waals surface area contributed by atoms with E-state index in [0.717, 1.165) is 11.1 Å². The minimum atomic E-state index is 0.515. The van der Waals surface area contributed by atoms with Crippen molar-refractivity contribution in [2.45, 2.75) is 0 Å². The lowest BCUT2D eigenvalue weighted by atomic mass is 10.3. The molecule has 0 aliphatic carbocycles. The fraction of sp³-hybridized carbons (Fsp3) is 0. The molecule has 0 fully saturated rings. The third-order valence-electron chi connectivity index (χ3n) is 2.26. The van der Waals surface area contributed by atoms with Crippen LogP contribution in [-0.2, 0) is 0 Å². The fourth-order valence-corrected chi connectivity index (χ4v) is 1.92. The minimum absolute atomic E-state index is 0.515. The van der Waals surface area contributed by atoms with Crippen molar-refractivity contribution in [3.63, 3.8) is 0 Å². The number of nitrogen functional groups attached to an aromatic ring is 1. The highest BCUT2D eigenvalue weighted by Crippen LogP contribution is 2.31. The Morgan fingerprint density at radius 3 is 2.88 bits per heavy atom. The Morgan fingerprint density at radius 1 is 1.25 bits per heavy atom. The van der Waals surface area contributed by atoms with Gasteiger partial charge in [-0.1, -0.05) is 0 Å². The summed E-state index contributed by atoms with van der Waals surface area (Å²) in [4.78, 5) is 4.34. The van der Waals surface area contributed by atoms with Gasteiger partial charge in [0.05, 0.1) is 11.8 Å². The van der Waals surface area contributed by atoms with Crippen LogP contribution in [0.3, 0.4) is 0 Å². The van der Waals surface area contributed by atoms with Crippen LogP contribution in [0.15, 0.2) is 44.0 Å². The van der Waals surface area contributed by atoms with Gasteiger partial charge in [0.25, 0.3) is 0 Å². The monoisotopic (exact) mass is 278 g/mol. The van der Waals surface area contributed by atoms with E-state index >= 15 is 0 Å². The summed E-state index contributed by atoms with van der Waals surface area (Å²) in [5, 5.41) is 0. The van der Waals surface area contributed by atoms with Crippen molar-refractivity contribution >= 4 is 32.7 Å². The first-order chi connectivity index (χ1) is 7.74. The van der Waals surface area contributed by atoms with Gasteiger partial charge in [-0.15, -0.1) is 0 Å². The lowest BCUT2D eigenvalue weighted by Crippen LogP contribution is -1.82. The maximum atomic E-state index is 5.67. The van der Waals surface area contributed by atoms with E-state index in [9.17, 15) is 0 Å². The Labute approximate surface area is 99.2 Å². The highest BCUT2D eigenvalue weighted by molar-refractivity contribution is 9.10. The van der Waals surface area contributed by atoms with Crippen LogP contribution in [0, 0.1) is 0 Å². The molecule has 0 amide bonds. The number of nitrogens with two attached hydrogens (primary N) is 1. The molecule has 2 N–H and O–H groups in total. The fourth-order valence-electron chi connectivity index (χ4n) is 1.51. The molecule has 3 aromatic rings. The summed E-state index contributed by atoms with van der Waals surface area (Å²) < 4.78 is 11.3. The van der Waals surface area contributed by atoms with E-state index in [1.165, 1.54) is 0 Å². The number of benzene rings is 1. The van der Waals surface area contributed by atoms with Gasteiger partial charge >= 0.3 is 0 Å². The number of furan rings is 1. The van der Waals surface area contributed by atoms with Crippen LogP contribution in [0.2, 0.25) is 0 Å². The molecule has 0 unspecified atom stereocenters. The first-order valence-corrected chi connectivity index (χ1v) is 5.43. The molecule has 0 spiro atoms. The maximum absolute atomic E-state index is 5.67. The number of fused-ring (bicyclic) bond motifs is 1. The third-order valence-corrected chi connectivity index (χ3v) is 2.87. The van der Waals surface area contributed by atoms with E-state index in [4.69, 9.17) is 14.6 Å². The quantitative estimate of drug-likeness (QED) is 0.693. The summed E-state index contributed by atoms with van der Waals surface area (Å²) >= 11 is 3.28. The zero-order chi connectivity index (χ0) is 11.1. The average molecular weight is 279 g/mol. The summed E-state index contributed by atoms with van der Waals surface area (Å²) in [7, 11) is 0. The van der Waals surface area contributed by atoms with Crippen LogP contribution in [0.1, 0.15) is 0 Å². The second-order valence-corrected chi connectivity index (χ2v) is 4.07. The predicted octanol–water partition coefficient (Wildman–Crippen LogP) is 3.43. The largest absolute Gasteiger partial charge is 0.457 e. The number of oxazole rings is 1. The highest BCUT2D eigenvalue weighted by atomic mass is 79.9. The molecule has 5 heteroatoms. The van der Waals surface area contributed by atoms with E-state index in [1.807, 2.05) is 0 Å². The van der Waals surface area contributed by atoms with Gasteiger partial charge < -0.3 is 14.6 Å². The van der Waals surface area contributed by atoms with Crippen molar-refractivity contribution in [1.82, 2.24) is 4.98 Å². The molecule has 0 aliphatic heterocycles. The van der Waals surface area contributed by atoms with E-state index in [0.29, 0.717) is 21.8 Å². The van der Waals surface area contributed by atoms with Gasteiger partial charge in [-0.05, 0) is 40.2 Å². The van der Waals surface area contributed by atoms with Crippen molar-refractivity contribution < 1.29 is 8.83 Å². The second kappa shape index (κ2) is 3.38. The number of halogens is 1. The lowest BCUT2D eigenvalue weighted by Gasteiger charge is -1.88. The van der Waals surface area contributed by atoms with E-state index in [-0.39, 0.29) is 0 Å². The Hall–Kier alpha value is -1.75. The molecule has 0 radical (unpaired) electrons. The molecule has 0 saturated carbocycles. The molecule has 4 nitrogen and oxygen atoms in total. The lowest BCUT2D eigenvalue weighted by molar-refractivity contribution is 0.539. The molecule has 0 aliphatic rings. The number of rotatable bonds is 1. The number of nitrogens with zero attached hydrogens (tertiary/aromatic N) is 1. The second-order valence-electron chi connectivity index (χ2n) is 3.35. The Balaban J connectivity index is 2.23. The van der Waals surface area contributed by atoms with Crippen molar-refractivity contribution in [2.24, 2.45) is 0 Å². The van der Waals surface area contributed by atoms with E-state index < -0.39 is 0 Å². The zero-order valence-electron chi connectivity index (χ0n) is 8.11. The summed E-state index contributed by atoms with van der Waals surface area (Å²) in [6.45, 7) is 0. The normalized spacial score (nSPS) is 11.1. The molecule has 2 heterocycles. The third kappa shape index (κ3) is 1.40. The van der Waals surface area contributed by atoms with Crippen molar-refractivity contribution in [2.75, 3.05) is 5.73 Å². The maximum Gasteiger partial charge on any atom is 0.231 e. The Morgan fingerprint density at radius 2 is 2.12 bits per heavy atom. The van der Waals surface area contributed by atoms with Crippen LogP contribution in [-0.4, -0.2) is 4.98 Å². The topological polar surface area (TPSA) is 65.2 Å². The summed E-state index contributed by atoms with van der Waals surface area (Å²) in [6.07, 6.45) is 1.57. The number of anilines is 1. The van der Waals surface area contributed by atoms with E-state index in [2.05, 4.69) is 20.9 Å². The van der Waals surface area contributed by atoms with Crippen LogP contribution >= 0.6 is 15.9 Å². The molecule has 0 bridgehead atoms. The molecule has 0 atom stereocenters. The van der Waals surface area contributed by atoms with Gasteiger partial charge in [0.15, 0.2) is 10.3 Å². The SMILES string of the molecule is Nc1ccc2oc(-c3ccoc3Br)nc2c1. The van der Waals surface area contributed by atoms with Crippen molar-refractivity contribution in [3.05, 3.63) is 35.2 Å². The number of hydrogen-bond donors (Lipinski definition) is 1. The molecular formula is C11H7BrN2O2. The molecule has 2 aromatic heterocycles. The van der Waals surface area contributed by atoms with Crippen molar-refractivity contribution in [3.8, 4) is 11.5 Å². The zero-order valence-corrected chi connectivity index (χ0v) is 9.69. The minimum Gasteiger partial charge on any atom is -0.457 e. The van der Waals surface area contributed by atoms with Crippen LogP contribution < -0.4 is 5.73 Å². The first-order valence-electron chi connectivity index (χ1n) is 4.63. The summed E-state index contributed by atoms with van der Waals surface area (Å²) in [6, 6.07) is 7.14. The van der Waals surface area contributed by atoms with Gasteiger partial charge in [-0.2, -0.15) is 0 Å². The van der Waals surface area contributed by atoms with Crippen LogP contribution in [0.4, 0.5) is 5.69 Å². The summed E-state index contributed by atoms with van der Waals surface area (Å²) in [5.41, 5.74) is 8.57. The van der Waals surface area contributed by atoms with Gasteiger partial charge in [0, 0.05) is 5.69 Å². The number of aromatic nitrogens is 1.